The smallest absolute Gasteiger partial charge is 0.000661 e. The lowest BCUT2D eigenvalue weighted by atomic mass is 9.89. The van der Waals surface area contributed by atoms with Crippen LogP contribution in [0.2, 0.25) is 0 Å². The van der Waals surface area contributed by atoms with Crippen molar-refractivity contribution >= 4 is 0 Å². The molecule has 0 aromatic carbocycles. The van der Waals surface area contributed by atoms with Gasteiger partial charge in [-0.3, -0.25) is 0 Å². The Bertz CT molecular complexity index is 141. The zero-order chi connectivity index (χ0) is 10.9. The molecule has 1 fully saturated rings. The van der Waals surface area contributed by atoms with Crippen molar-refractivity contribution in [1.82, 2.24) is 10.2 Å². The largest absolute Gasteiger partial charge is 0.317 e. The van der Waals surface area contributed by atoms with Crippen LogP contribution < -0.4 is 5.32 Å². The number of nitrogens with one attached hydrogen (secondary N) is 1. The summed E-state index contributed by atoms with van der Waals surface area (Å²) in [7, 11) is 2.28. The molecule has 2 heteroatoms. The molecular formula is C13H28N2. The van der Waals surface area contributed by atoms with Gasteiger partial charge in [0.1, 0.15) is 0 Å². The van der Waals surface area contributed by atoms with Crippen molar-refractivity contribution in [3.05, 3.63) is 0 Å². The summed E-state index contributed by atoms with van der Waals surface area (Å²) in [5.74, 6) is 0.989. The maximum atomic E-state index is 3.38. The van der Waals surface area contributed by atoms with Gasteiger partial charge in [0.25, 0.3) is 0 Å². The van der Waals surface area contributed by atoms with Crippen LogP contribution in [-0.2, 0) is 0 Å². The zero-order valence-corrected chi connectivity index (χ0v) is 10.6. The third-order valence-electron chi connectivity index (χ3n) is 3.44. The first-order chi connectivity index (χ1) is 7.33. The molecule has 1 N–H and O–H groups in total. The van der Waals surface area contributed by atoms with Gasteiger partial charge < -0.3 is 10.2 Å². The molecule has 0 heterocycles. The predicted octanol–water partition coefficient (Wildman–Crippen LogP) is 2.50. The fraction of sp³-hybridized carbons (Fsp3) is 1.00. The molecule has 0 unspecified atom stereocenters. The van der Waals surface area contributed by atoms with Gasteiger partial charge in [-0.05, 0) is 51.9 Å². The van der Waals surface area contributed by atoms with Crippen LogP contribution >= 0.6 is 0 Å². The van der Waals surface area contributed by atoms with Crippen LogP contribution in [0.25, 0.3) is 0 Å². The van der Waals surface area contributed by atoms with Crippen molar-refractivity contribution in [2.24, 2.45) is 5.92 Å². The Hall–Kier alpha value is -0.0800. The monoisotopic (exact) mass is 212 g/mol. The van der Waals surface area contributed by atoms with Crippen LogP contribution in [0, 0.1) is 5.92 Å². The van der Waals surface area contributed by atoms with Crippen molar-refractivity contribution < 1.29 is 0 Å². The van der Waals surface area contributed by atoms with Crippen LogP contribution in [0.3, 0.4) is 0 Å². The van der Waals surface area contributed by atoms with Gasteiger partial charge in [-0.15, -0.1) is 0 Å². The average molecular weight is 212 g/mol. The lowest BCUT2D eigenvalue weighted by molar-refractivity contribution is 0.231. The molecule has 0 aromatic heterocycles. The van der Waals surface area contributed by atoms with Gasteiger partial charge in [-0.25, -0.2) is 0 Å². The van der Waals surface area contributed by atoms with Gasteiger partial charge in [0.2, 0.25) is 0 Å². The molecule has 1 rings (SSSR count). The third kappa shape index (κ3) is 6.16. The van der Waals surface area contributed by atoms with Crippen LogP contribution in [0.15, 0.2) is 0 Å². The fourth-order valence-corrected chi connectivity index (χ4v) is 2.55. The van der Waals surface area contributed by atoms with Gasteiger partial charge in [-0.2, -0.15) is 0 Å². The highest BCUT2D eigenvalue weighted by molar-refractivity contribution is 4.69. The molecule has 0 aliphatic heterocycles. The Morgan fingerprint density at radius 1 is 1.20 bits per heavy atom. The molecule has 0 saturated heterocycles. The fourth-order valence-electron chi connectivity index (χ4n) is 2.55. The minimum absolute atomic E-state index is 0.989. The summed E-state index contributed by atoms with van der Waals surface area (Å²) in [5, 5.41) is 3.38. The number of nitrogens with zero attached hydrogens (tertiary/aromatic N) is 1. The first-order valence-electron chi connectivity index (χ1n) is 6.72. The molecule has 0 radical (unpaired) electrons. The molecule has 1 aliphatic rings. The molecule has 0 amide bonds. The minimum Gasteiger partial charge on any atom is -0.317 e. The summed E-state index contributed by atoms with van der Waals surface area (Å²) in [6.07, 6.45) is 8.64. The number of rotatable bonds is 7. The summed E-state index contributed by atoms with van der Waals surface area (Å²) in [6.45, 7) is 7.03. The summed E-state index contributed by atoms with van der Waals surface area (Å²) < 4.78 is 0. The van der Waals surface area contributed by atoms with E-state index in [1.165, 1.54) is 58.2 Å². The highest BCUT2D eigenvalue weighted by atomic mass is 15.1. The number of hydrogen-bond acceptors (Lipinski definition) is 2. The Kier molecular flexibility index (Phi) is 7.03. The quantitative estimate of drug-likeness (QED) is 0.652. The highest BCUT2D eigenvalue weighted by Crippen LogP contribution is 2.23. The van der Waals surface area contributed by atoms with Gasteiger partial charge >= 0.3 is 0 Å². The van der Waals surface area contributed by atoms with E-state index in [2.05, 4.69) is 24.2 Å². The van der Waals surface area contributed by atoms with Crippen molar-refractivity contribution in [3.8, 4) is 0 Å². The third-order valence-corrected chi connectivity index (χ3v) is 3.44. The molecular weight excluding hydrogens is 184 g/mol. The molecule has 0 bridgehead atoms. The highest BCUT2D eigenvalue weighted by Gasteiger charge is 2.14. The minimum atomic E-state index is 0.989. The average Bonchev–Trinajstić information content (AvgIpc) is 2.26. The Balaban J connectivity index is 1.98. The molecule has 0 atom stereocenters. The van der Waals surface area contributed by atoms with E-state index in [9.17, 15) is 0 Å². The van der Waals surface area contributed by atoms with Crippen molar-refractivity contribution in [3.63, 3.8) is 0 Å². The normalized spacial score (nSPS) is 18.6. The lowest BCUT2D eigenvalue weighted by Crippen LogP contribution is -2.29. The lowest BCUT2D eigenvalue weighted by Gasteiger charge is -2.26. The Labute approximate surface area is 95.4 Å². The van der Waals surface area contributed by atoms with Crippen molar-refractivity contribution in [2.75, 3.05) is 33.2 Å². The summed E-state index contributed by atoms with van der Waals surface area (Å²) in [4.78, 5) is 2.52. The second kappa shape index (κ2) is 8.12. The maximum absolute atomic E-state index is 3.38. The molecule has 1 aliphatic carbocycles. The van der Waals surface area contributed by atoms with Gasteiger partial charge in [0, 0.05) is 6.54 Å². The summed E-state index contributed by atoms with van der Waals surface area (Å²) >= 11 is 0. The summed E-state index contributed by atoms with van der Waals surface area (Å²) in [6, 6.07) is 0. The van der Waals surface area contributed by atoms with E-state index >= 15 is 0 Å². The molecule has 0 spiro atoms. The Morgan fingerprint density at radius 2 is 1.93 bits per heavy atom. The maximum Gasteiger partial charge on any atom is 0.000661 e. The van der Waals surface area contributed by atoms with Crippen molar-refractivity contribution in [2.45, 2.75) is 45.4 Å². The van der Waals surface area contributed by atoms with Crippen molar-refractivity contribution in [1.29, 1.82) is 0 Å². The number of hydrogen-bond donors (Lipinski definition) is 1. The van der Waals surface area contributed by atoms with E-state index < -0.39 is 0 Å². The Morgan fingerprint density at radius 3 is 2.60 bits per heavy atom. The standard InChI is InChI=1S/C13H28N2/c1-3-14-10-7-11-15(2)12-13-8-5-4-6-9-13/h13-14H,3-12H2,1-2H3. The van der Waals surface area contributed by atoms with Crippen LogP contribution in [-0.4, -0.2) is 38.1 Å². The zero-order valence-electron chi connectivity index (χ0n) is 10.6. The van der Waals surface area contributed by atoms with E-state index in [0.29, 0.717) is 0 Å². The molecule has 2 nitrogen and oxygen atoms in total. The second-order valence-electron chi connectivity index (χ2n) is 4.97. The second-order valence-corrected chi connectivity index (χ2v) is 4.97. The van der Waals surface area contributed by atoms with Gasteiger partial charge in [-0.1, -0.05) is 26.2 Å². The predicted molar refractivity (Wildman–Crippen MR) is 67.2 cm³/mol. The van der Waals surface area contributed by atoms with Gasteiger partial charge in [0.05, 0.1) is 0 Å². The van der Waals surface area contributed by atoms with E-state index in [1.807, 2.05) is 0 Å². The topological polar surface area (TPSA) is 15.3 Å². The first kappa shape index (κ1) is 13.0. The van der Waals surface area contributed by atoms with Crippen LogP contribution in [0.1, 0.15) is 45.4 Å². The van der Waals surface area contributed by atoms with E-state index in [1.54, 1.807) is 0 Å². The van der Waals surface area contributed by atoms with Gasteiger partial charge in [0.15, 0.2) is 0 Å². The molecule has 1 saturated carbocycles. The van der Waals surface area contributed by atoms with E-state index in [4.69, 9.17) is 0 Å². The van der Waals surface area contributed by atoms with Crippen LogP contribution in [0.4, 0.5) is 0 Å². The van der Waals surface area contributed by atoms with Crippen LogP contribution in [0.5, 0.6) is 0 Å². The SMILES string of the molecule is CCNCCCN(C)CC1CCCCC1. The molecule has 15 heavy (non-hydrogen) atoms. The first-order valence-corrected chi connectivity index (χ1v) is 6.72. The van der Waals surface area contributed by atoms with E-state index in [0.717, 1.165) is 12.5 Å². The molecule has 90 valence electrons. The summed E-state index contributed by atoms with van der Waals surface area (Å²) in [5.41, 5.74) is 0. The van der Waals surface area contributed by atoms with E-state index in [-0.39, 0.29) is 0 Å². The molecule has 0 aromatic rings.